The Morgan fingerprint density at radius 1 is 0.962 bits per heavy atom. The van der Waals surface area contributed by atoms with Crippen LogP contribution in [-0.4, -0.2) is 32.7 Å². The van der Waals surface area contributed by atoms with Gasteiger partial charge < -0.3 is 19.5 Å². The Bertz CT molecular complexity index is 810. The molecule has 1 amide bonds. The second kappa shape index (κ2) is 9.31. The molecule has 0 saturated heterocycles. The second-order valence-electron chi connectivity index (χ2n) is 5.20. The minimum Gasteiger partial charge on any atom is -0.493 e. The van der Waals surface area contributed by atoms with Gasteiger partial charge in [-0.25, -0.2) is 0 Å². The lowest BCUT2D eigenvalue weighted by Gasteiger charge is -2.11. The summed E-state index contributed by atoms with van der Waals surface area (Å²) in [5.41, 5.74) is 1.14. The predicted molar refractivity (Wildman–Crippen MR) is 99.3 cm³/mol. The fraction of sp³-hybridized carbons (Fsp3) is 0.222. The van der Waals surface area contributed by atoms with E-state index in [0.29, 0.717) is 32.8 Å². The highest BCUT2D eigenvalue weighted by Gasteiger charge is 2.11. The van der Waals surface area contributed by atoms with Crippen molar-refractivity contribution in [2.24, 2.45) is 0 Å². The van der Waals surface area contributed by atoms with E-state index in [1.807, 2.05) is 0 Å². The number of ether oxygens (including phenoxy) is 3. The normalized spacial score (nSPS) is 10.2. The summed E-state index contributed by atoms with van der Waals surface area (Å²) in [6, 6.07) is 9.75. The minimum absolute atomic E-state index is 0.0134. The summed E-state index contributed by atoms with van der Waals surface area (Å²) in [6.07, 6.45) is -0.0134. The van der Waals surface area contributed by atoms with Crippen molar-refractivity contribution in [2.45, 2.75) is 6.42 Å². The number of nitrogens with one attached hydrogen (secondary N) is 1. The van der Waals surface area contributed by atoms with Crippen molar-refractivity contribution >= 4 is 40.8 Å². The molecule has 0 bridgehead atoms. The molecule has 0 aromatic heterocycles. The molecule has 0 aliphatic carbocycles. The third-order valence-electron chi connectivity index (χ3n) is 3.36. The third kappa shape index (κ3) is 5.54. The predicted octanol–water partition coefficient (Wildman–Crippen LogP) is 3.74. The van der Waals surface area contributed by atoms with Gasteiger partial charge in [0.25, 0.3) is 5.91 Å². The van der Waals surface area contributed by atoms with Crippen LogP contribution in [0.1, 0.15) is 5.56 Å². The first-order chi connectivity index (χ1) is 12.4. The highest BCUT2D eigenvalue weighted by atomic mass is 35.5. The number of anilines is 1. The van der Waals surface area contributed by atoms with Crippen LogP contribution in [0.4, 0.5) is 5.69 Å². The molecule has 0 aliphatic rings. The zero-order valence-corrected chi connectivity index (χ0v) is 15.7. The maximum Gasteiger partial charge on any atom is 0.310 e. The van der Waals surface area contributed by atoms with Crippen LogP contribution in [0, 0.1) is 0 Å². The van der Waals surface area contributed by atoms with Crippen LogP contribution < -0.4 is 14.8 Å². The first-order valence-corrected chi connectivity index (χ1v) is 8.30. The molecular formula is C18H17Cl2NO5. The lowest BCUT2D eigenvalue weighted by atomic mass is 10.1. The molecule has 0 fully saturated rings. The topological polar surface area (TPSA) is 73.9 Å². The number of esters is 1. The SMILES string of the molecule is COc1ccc(NC(=O)COC(=O)Cc2ccc(Cl)c(Cl)c2)cc1OC. The second-order valence-corrected chi connectivity index (χ2v) is 6.02. The first kappa shape index (κ1) is 19.9. The van der Waals surface area contributed by atoms with Gasteiger partial charge in [-0.05, 0) is 29.8 Å². The Hall–Kier alpha value is -2.44. The van der Waals surface area contributed by atoms with Crippen LogP contribution in [-0.2, 0) is 20.7 Å². The lowest BCUT2D eigenvalue weighted by molar-refractivity contribution is -0.146. The summed E-state index contributed by atoms with van der Waals surface area (Å²) in [5.74, 6) is -0.00831. The van der Waals surface area contributed by atoms with E-state index in [2.05, 4.69) is 5.32 Å². The summed E-state index contributed by atoms with van der Waals surface area (Å²) in [7, 11) is 3.01. The van der Waals surface area contributed by atoms with E-state index in [1.54, 1.807) is 36.4 Å². The summed E-state index contributed by atoms with van der Waals surface area (Å²) in [5, 5.41) is 3.36. The first-order valence-electron chi connectivity index (χ1n) is 7.54. The molecule has 2 aromatic carbocycles. The standard InChI is InChI=1S/C18H17Cl2NO5/c1-24-15-6-4-12(9-16(15)25-2)21-17(22)10-26-18(23)8-11-3-5-13(19)14(20)7-11/h3-7,9H,8,10H2,1-2H3,(H,21,22). The molecule has 6 nitrogen and oxygen atoms in total. The van der Waals surface area contributed by atoms with Gasteiger partial charge in [0, 0.05) is 11.8 Å². The number of halogens is 2. The van der Waals surface area contributed by atoms with Crippen LogP contribution in [0.3, 0.4) is 0 Å². The summed E-state index contributed by atoms with van der Waals surface area (Å²) < 4.78 is 15.3. The van der Waals surface area contributed by atoms with Crippen molar-refractivity contribution in [3.63, 3.8) is 0 Å². The highest BCUT2D eigenvalue weighted by Crippen LogP contribution is 2.29. The molecule has 0 heterocycles. The molecule has 138 valence electrons. The van der Waals surface area contributed by atoms with Crippen molar-refractivity contribution in [2.75, 3.05) is 26.1 Å². The van der Waals surface area contributed by atoms with E-state index in [-0.39, 0.29) is 6.42 Å². The average Bonchev–Trinajstić information content (AvgIpc) is 2.63. The Morgan fingerprint density at radius 3 is 2.35 bits per heavy atom. The molecule has 2 aromatic rings. The van der Waals surface area contributed by atoms with E-state index in [1.165, 1.54) is 14.2 Å². The number of carbonyl (C=O) groups is 2. The van der Waals surface area contributed by atoms with Crippen LogP contribution >= 0.6 is 23.2 Å². The van der Waals surface area contributed by atoms with Crippen molar-refractivity contribution in [1.82, 2.24) is 0 Å². The molecule has 0 unspecified atom stereocenters. The monoisotopic (exact) mass is 397 g/mol. The average molecular weight is 398 g/mol. The number of carbonyl (C=O) groups excluding carboxylic acids is 2. The molecule has 0 radical (unpaired) electrons. The number of hydrogen-bond acceptors (Lipinski definition) is 5. The van der Waals surface area contributed by atoms with E-state index < -0.39 is 18.5 Å². The van der Waals surface area contributed by atoms with Gasteiger partial charge in [-0.15, -0.1) is 0 Å². The Labute approximate surface area is 160 Å². The smallest absolute Gasteiger partial charge is 0.310 e. The van der Waals surface area contributed by atoms with Crippen LogP contribution in [0.2, 0.25) is 10.0 Å². The van der Waals surface area contributed by atoms with E-state index in [0.717, 1.165) is 0 Å². The minimum atomic E-state index is -0.550. The van der Waals surface area contributed by atoms with Crippen LogP contribution in [0.15, 0.2) is 36.4 Å². The maximum absolute atomic E-state index is 11.9. The lowest BCUT2D eigenvalue weighted by Crippen LogP contribution is -2.21. The molecule has 2 rings (SSSR count). The quantitative estimate of drug-likeness (QED) is 0.720. The van der Waals surface area contributed by atoms with Gasteiger partial charge in [0.15, 0.2) is 18.1 Å². The zero-order chi connectivity index (χ0) is 19.1. The van der Waals surface area contributed by atoms with Crippen molar-refractivity contribution in [3.05, 3.63) is 52.0 Å². The Balaban J connectivity index is 1.86. The maximum atomic E-state index is 11.9. The summed E-state index contributed by atoms with van der Waals surface area (Å²) in [4.78, 5) is 23.8. The summed E-state index contributed by atoms with van der Waals surface area (Å²) in [6.45, 7) is -0.408. The van der Waals surface area contributed by atoms with Gasteiger partial charge >= 0.3 is 5.97 Å². The van der Waals surface area contributed by atoms with Gasteiger partial charge in [-0.2, -0.15) is 0 Å². The molecule has 26 heavy (non-hydrogen) atoms. The molecule has 8 heteroatoms. The molecule has 0 saturated carbocycles. The largest absolute Gasteiger partial charge is 0.493 e. The van der Waals surface area contributed by atoms with Gasteiger partial charge in [0.1, 0.15) is 0 Å². The molecule has 0 spiro atoms. The van der Waals surface area contributed by atoms with Crippen molar-refractivity contribution in [3.8, 4) is 11.5 Å². The van der Waals surface area contributed by atoms with Gasteiger partial charge in [-0.1, -0.05) is 29.3 Å². The zero-order valence-electron chi connectivity index (χ0n) is 14.2. The van der Waals surface area contributed by atoms with Gasteiger partial charge in [0.05, 0.1) is 30.7 Å². The Kier molecular flexibility index (Phi) is 7.12. The Morgan fingerprint density at radius 2 is 1.69 bits per heavy atom. The molecule has 0 aliphatic heterocycles. The van der Waals surface area contributed by atoms with Crippen molar-refractivity contribution < 1.29 is 23.8 Å². The van der Waals surface area contributed by atoms with Crippen LogP contribution in [0.25, 0.3) is 0 Å². The van der Waals surface area contributed by atoms with E-state index in [4.69, 9.17) is 37.4 Å². The molecule has 1 N–H and O–H groups in total. The molecule has 0 atom stereocenters. The van der Waals surface area contributed by atoms with E-state index in [9.17, 15) is 9.59 Å². The fourth-order valence-electron chi connectivity index (χ4n) is 2.12. The number of hydrogen-bond donors (Lipinski definition) is 1. The van der Waals surface area contributed by atoms with Crippen molar-refractivity contribution in [1.29, 1.82) is 0 Å². The number of rotatable bonds is 7. The number of amides is 1. The van der Waals surface area contributed by atoms with Gasteiger partial charge in [-0.3, -0.25) is 9.59 Å². The number of methoxy groups -OCH3 is 2. The summed E-state index contributed by atoms with van der Waals surface area (Å²) >= 11 is 11.7. The van der Waals surface area contributed by atoms with Crippen LogP contribution in [0.5, 0.6) is 11.5 Å². The van der Waals surface area contributed by atoms with Gasteiger partial charge in [0.2, 0.25) is 0 Å². The number of benzene rings is 2. The molecular weight excluding hydrogens is 381 g/mol. The fourth-order valence-corrected chi connectivity index (χ4v) is 2.45. The van der Waals surface area contributed by atoms with E-state index >= 15 is 0 Å². The highest BCUT2D eigenvalue weighted by molar-refractivity contribution is 6.42. The third-order valence-corrected chi connectivity index (χ3v) is 4.10.